The highest BCUT2D eigenvalue weighted by atomic mass is 32.1. The lowest BCUT2D eigenvalue weighted by atomic mass is 10.1. The third-order valence-electron chi connectivity index (χ3n) is 4.05. The van der Waals surface area contributed by atoms with Crippen LogP contribution in [0.5, 0.6) is 5.75 Å². The fraction of sp³-hybridized carbons (Fsp3) is 0.562. The summed E-state index contributed by atoms with van der Waals surface area (Å²) in [6, 6.07) is 7.74. The third-order valence-corrected chi connectivity index (χ3v) is 4.33. The van der Waals surface area contributed by atoms with Gasteiger partial charge in [0.1, 0.15) is 5.75 Å². The van der Waals surface area contributed by atoms with E-state index in [-0.39, 0.29) is 6.04 Å². The Kier molecular flexibility index (Phi) is 5.96. The van der Waals surface area contributed by atoms with Gasteiger partial charge in [-0.3, -0.25) is 9.80 Å². The summed E-state index contributed by atoms with van der Waals surface area (Å²) in [5.74, 6) is 0.336. The summed E-state index contributed by atoms with van der Waals surface area (Å²) in [5, 5.41) is 9.52. The summed E-state index contributed by atoms with van der Waals surface area (Å²) in [4.78, 5) is 5.44. The number of piperazine rings is 1. The average molecular weight is 307 g/mol. The van der Waals surface area contributed by atoms with E-state index in [9.17, 15) is 5.11 Å². The maximum absolute atomic E-state index is 9.52. The number of phenolic OH excluding ortho intramolecular Hbond substituents is 1. The maximum atomic E-state index is 9.52. The molecule has 1 aromatic carbocycles. The third kappa shape index (κ3) is 4.66. The van der Waals surface area contributed by atoms with Crippen LogP contribution in [0.2, 0.25) is 0 Å². The van der Waals surface area contributed by atoms with Gasteiger partial charge in [-0.25, -0.2) is 0 Å². The van der Waals surface area contributed by atoms with Crippen LogP contribution in [-0.4, -0.2) is 52.1 Å². The van der Waals surface area contributed by atoms with E-state index in [1.807, 2.05) is 12.1 Å². The zero-order valence-electron chi connectivity index (χ0n) is 12.7. The molecule has 1 aromatic rings. The molecule has 1 fully saturated rings. The van der Waals surface area contributed by atoms with Gasteiger partial charge < -0.3 is 10.8 Å². The van der Waals surface area contributed by atoms with Crippen molar-refractivity contribution in [2.24, 2.45) is 5.73 Å². The van der Waals surface area contributed by atoms with Crippen molar-refractivity contribution in [2.75, 3.05) is 26.2 Å². The number of aromatic hydroxyl groups is 1. The standard InChI is InChI=1S/C16H25N3OS/c1-2-4-15(16(17)21)19-9-7-18(8-10-19)12-13-5-3-6-14(20)11-13/h3,5-6,11,15,20H,2,4,7-10,12H2,1H3,(H2,17,21). The predicted molar refractivity (Wildman–Crippen MR) is 90.4 cm³/mol. The van der Waals surface area contributed by atoms with E-state index in [0.717, 1.165) is 51.1 Å². The fourth-order valence-corrected chi connectivity index (χ4v) is 3.19. The Bertz CT molecular complexity index is 472. The molecule has 4 nitrogen and oxygen atoms in total. The normalized spacial score (nSPS) is 18.5. The first-order valence-electron chi connectivity index (χ1n) is 7.63. The molecule has 1 aliphatic heterocycles. The molecule has 1 saturated heterocycles. The van der Waals surface area contributed by atoms with Crippen LogP contribution in [0.15, 0.2) is 24.3 Å². The van der Waals surface area contributed by atoms with Gasteiger partial charge in [-0.2, -0.15) is 0 Å². The Morgan fingerprint density at radius 2 is 2.05 bits per heavy atom. The molecule has 0 saturated carbocycles. The van der Waals surface area contributed by atoms with Gasteiger partial charge in [0, 0.05) is 32.7 Å². The first-order chi connectivity index (χ1) is 10.1. The minimum atomic E-state index is 0.243. The highest BCUT2D eigenvalue weighted by molar-refractivity contribution is 7.80. The Labute approximate surface area is 132 Å². The smallest absolute Gasteiger partial charge is 0.115 e. The molecule has 1 aliphatic rings. The molecule has 116 valence electrons. The van der Waals surface area contributed by atoms with Crippen molar-refractivity contribution in [3.05, 3.63) is 29.8 Å². The lowest BCUT2D eigenvalue weighted by Gasteiger charge is -2.39. The first kappa shape index (κ1) is 16.2. The van der Waals surface area contributed by atoms with Gasteiger partial charge in [-0.15, -0.1) is 0 Å². The van der Waals surface area contributed by atoms with Crippen molar-refractivity contribution in [3.63, 3.8) is 0 Å². The summed E-state index contributed by atoms with van der Waals surface area (Å²) in [7, 11) is 0. The maximum Gasteiger partial charge on any atom is 0.115 e. The second-order valence-electron chi connectivity index (χ2n) is 5.69. The number of thiocarbonyl (C=S) groups is 1. The van der Waals surface area contributed by atoms with E-state index in [1.165, 1.54) is 0 Å². The Balaban J connectivity index is 1.86. The lowest BCUT2D eigenvalue weighted by molar-refractivity contribution is 0.110. The molecule has 0 aromatic heterocycles. The van der Waals surface area contributed by atoms with E-state index in [1.54, 1.807) is 6.07 Å². The topological polar surface area (TPSA) is 52.7 Å². The number of hydrogen-bond donors (Lipinski definition) is 2. The monoisotopic (exact) mass is 307 g/mol. The van der Waals surface area contributed by atoms with Crippen molar-refractivity contribution >= 4 is 17.2 Å². The molecule has 1 heterocycles. The summed E-state index contributed by atoms with van der Waals surface area (Å²) in [5.41, 5.74) is 7.03. The van der Waals surface area contributed by atoms with Gasteiger partial charge in [0.25, 0.3) is 0 Å². The van der Waals surface area contributed by atoms with Gasteiger partial charge in [-0.05, 0) is 24.1 Å². The van der Waals surface area contributed by atoms with Crippen LogP contribution in [-0.2, 0) is 6.54 Å². The number of nitrogens with zero attached hydrogens (tertiary/aromatic N) is 2. The molecule has 3 N–H and O–H groups in total. The van der Waals surface area contributed by atoms with Crippen LogP contribution in [0.3, 0.4) is 0 Å². The minimum Gasteiger partial charge on any atom is -0.508 e. The SMILES string of the molecule is CCCC(C(N)=S)N1CCN(Cc2cccc(O)c2)CC1. The number of rotatable bonds is 6. The van der Waals surface area contributed by atoms with Crippen molar-refractivity contribution in [2.45, 2.75) is 32.4 Å². The van der Waals surface area contributed by atoms with Crippen molar-refractivity contribution in [1.29, 1.82) is 0 Å². The van der Waals surface area contributed by atoms with Gasteiger partial charge >= 0.3 is 0 Å². The Morgan fingerprint density at radius 3 is 2.62 bits per heavy atom. The van der Waals surface area contributed by atoms with Crippen molar-refractivity contribution in [1.82, 2.24) is 9.80 Å². The predicted octanol–water partition coefficient (Wildman–Crippen LogP) is 1.96. The van der Waals surface area contributed by atoms with E-state index in [4.69, 9.17) is 18.0 Å². The molecule has 5 heteroatoms. The quantitative estimate of drug-likeness (QED) is 0.787. The molecule has 1 atom stereocenters. The molecular weight excluding hydrogens is 282 g/mol. The van der Waals surface area contributed by atoms with Crippen molar-refractivity contribution in [3.8, 4) is 5.75 Å². The van der Waals surface area contributed by atoms with Crippen LogP contribution < -0.4 is 5.73 Å². The first-order valence-corrected chi connectivity index (χ1v) is 8.04. The van der Waals surface area contributed by atoms with Crippen molar-refractivity contribution < 1.29 is 5.11 Å². The van der Waals surface area contributed by atoms with Gasteiger partial charge in [0.05, 0.1) is 11.0 Å². The van der Waals surface area contributed by atoms with Crippen LogP contribution in [0.4, 0.5) is 0 Å². The van der Waals surface area contributed by atoms with Crippen LogP contribution >= 0.6 is 12.2 Å². The van der Waals surface area contributed by atoms with Crippen LogP contribution in [0, 0.1) is 0 Å². The zero-order valence-corrected chi connectivity index (χ0v) is 13.5. The highest BCUT2D eigenvalue weighted by Crippen LogP contribution is 2.16. The molecule has 0 radical (unpaired) electrons. The molecule has 0 spiro atoms. The van der Waals surface area contributed by atoms with Gasteiger partial charge in [0.15, 0.2) is 0 Å². The summed E-state index contributed by atoms with van der Waals surface area (Å²) < 4.78 is 0. The van der Waals surface area contributed by atoms with Crippen LogP contribution in [0.25, 0.3) is 0 Å². The average Bonchev–Trinajstić information content (AvgIpc) is 2.45. The molecule has 2 rings (SSSR count). The number of hydrogen-bond acceptors (Lipinski definition) is 4. The van der Waals surface area contributed by atoms with E-state index in [2.05, 4.69) is 22.8 Å². The summed E-state index contributed by atoms with van der Waals surface area (Å²) in [6.07, 6.45) is 2.15. The van der Waals surface area contributed by atoms with E-state index >= 15 is 0 Å². The van der Waals surface area contributed by atoms with Gasteiger partial charge in [0.2, 0.25) is 0 Å². The largest absolute Gasteiger partial charge is 0.508 e. The van der Waals surface area contributed by atoms with E-state index in [0.29, 0.717) is 10.7 Å². The molecular formula is C16H25N3OS. The number of benzene rings is 1. The second-order valence-corrected chi connectivity index (χ2v) is 6.16. The molecule has 21 heavy (non-hydrogen) atoms. The highest BCUT2D eigenvalue weighted by Gasteiger charge is 2.24. The summed E-state index contributed by atoms with van der Waals surface area (Å²) >= 11 is 5.21. The zero-order chi connectivity index (χ0) is 15.2. The summed E-state index contributed by atoms with van der Waals surface area (Å²) in [6.45, 7) is 7.08. The molecule has 0 bridgehead atoms. The minimum absolute atomic E-state index is 0.243. The molecule has 1 unspecified atom stereocenters. The van der Waals surface area contributed by atoms with Crippen LogP contribution in [0.1, 0.15) is 25.3 Å². The Hall–Kier alpha value is -1.17. The molecule has 0 amide bonds. The van der Waals surface area contributed by atoms with Gasteiger partial charge in [-0.1, -0.05) is 37.7 Å². The lowest BCUT2D eigenvalue weighted by Crippen LogP contribution is -2.53. The Morgan fingerprint density at radius 1 is 1.33 bits per heavy atom. The number of phenols is 1. The van der Waals surface area contributed by atoms with E-state index < -0.39 is 0 Å². The molecule has 0 aliphatic carbocycles. The fourth-order valence-electron chi connectivity index (χ4n) is 2.92. The second kappa shape index (κ2) is 7.73. The number of nitrogens with two attached hydrogens (primary N) is 1.